The number of rotatable bonds is 11. The molecule has 0 atom stereocenters. The van der Waals surface area contributed by atoms with Gasteiger partial charge < -0.3 is 20.1 Å². The number of nitrogens with zero attached hydrogens (tertiary/aromatic N) is 2. The maximum atomic E-state index is 9.65. The third-order valence-corrected chi connectivity index (χ3v) is 4.00. The molecular weight excluding hydrogens is 441 g/mol. The van der Waals surface area contributed by atoms with E-state index in [-0.39, 0.29) is 29.7 Å². The second-order valence-corrected chi connectivity index (χ2v) is 6.05. The highest BCUT2D eigenvalue weighted by molar-refractivity contribution is 14.0. The van der Waals surface area contributed by atoms with E-state index in [1.165, 1.54) is 12.8 Å². The van der Waals surface area contributed by atoms with Crippen molar-refractivity contribution in [1.29, 1.82) is 0 Å². The first kappa shape index (κ1) is 24.6. The van der Waals surface area contributed by atoms with Crippen molar-refractivity contribution in [2.45, 2.75) is 39.0 Å². The molecule has 0 radical (unpaired) electrons. The average molecular weight is 475 g/mol. The van der Waals surface area contributed by atoms with Gasteiger partial charge in [0.15, 0.2) is 17.5 Å². The van der Waals surface area contributed by atoms with Crippen molar-refractivity contribution >= 4 is 29.9 Å². The molecule has 0 unspecified atom stereocenters. The van der Waals surface area contributed by atoms with Crippen LogP contribution in [-0.2, 0) is 6.42 Å². The Morgan fingerprint density at radius 2 is 2.12 bits per heavy atom. The number of phenolic OH excluding ortho intramolecular Hbond substituents is 1. The molecule has 0 heterocycles. The molecule has 26 heavy (non-hydrogen) atoms. The molecule has 0 aliphatic rings. The van der Waals surface area contributed by atoms with E-state index in [0.717, 1.165) is 43.9 Å². The number of hydrogen-bond acceptors (Lipinski definition) is 3. The van der Waals surface area contributed by atoms with Gasteiger partial charge >= 0.3 is 0 Å². The van der Waals surface area contributed by atoms with Crippen LogP contribution in [0.2, 0.25) is 0 Å². The normalized spacial score (nSPS) is 10.8. The standard InChI is InChI=1S/C20H33N3O2.HI/c1-5-7-8-9-10-15-23(3)20(21-6-2)22-14-13-17-11-12-18(24)19(16-17)25-4;/h5,11-12,16,24H,1,6-10,13-15H2,2-4H3,(H,21,22);1H. The van der Waals surface area contributed by atoms with Gasteiger partial charge in [-0.25, -0.2) is 0 Å². The summed E-state index contributed by atoms with van der Waals surface area (Å²) < 4.78 is 5.15. The molecule has 0 bridgehead atoms. The minimum absolute atomic E-state index is 0. The number of unbranched alkanes of at least 4 members (excludes halogenated alkanes) is 3. The first-order valence-corrected chi connectivity index (χ1v) is 9.08. The second kappa shape index (κ2) is 14.7. The molecule has 148 valence electrons. The van der Waals surface area contributed by atoms with Gasteiger partial charge in [-0.1, -0.05) is 18.6 Å². The summed E-state index contributed by atoms with van der Waals surface area (Å²) in [4.78, 5) is 6.90. The number of ether oxygens (including phenoxy) is 1. The average Bonchev–Trinajstić information content (AvgIpc) is 2.62. The van der Waals surface area contributed by atoms with Crippen LogP contribution >= 0.6 is 24.0 Å². The molecule has 0 aliphatic heterocycles. The Morgan fingerprint density at radius 1 is 1.35 bits per heavy atom. The molecule has 1 aromatic rings. The van der Waals surface area contributed by atoms with Gasteiger partial charge in [-0.3, -0.25) is 4.99 Å². The lowest BCUT2D eigenvalue weighted by Crippen LogP contribution is -2.39. The monoisotopic (exact) mass is 475 g/mol. The largest absolute Gasteiger partial charge is 0.504 e. The van der Waals surface area contributed by atoms with E-state index in [0.29, 0.717) is 12.3 Å². The molecule has 0 aliphatic carbocycles. The van der Waals surface area contributed by atoms with Gasteiger partial charge in [0.05, 0.1) is 7.11 Å². The molecule has 0 spiro atoms. The van der Waals surface area contributed by atoms with Crippen LogP contribution in [-0.4, -0.2) is 49.8 Å². The Kier molecular flexibility index (Phi) is 13.9. The number of phenols is 1. The number of nitrogens with one attached hydrogen (secondary N) is 1. The van der Waals surface area contributed by atoms with Crippen molar-refractivity contribution in [3.63, 3.8) is 0 Å². The number of benzene rings is 1. The van der Waals surface area contributed by atoms with Crippen LogP contribution in [0.4, 0.5) is 0 Å². The van der Waals surface area contributed by atoms with E-state index in [2.05, 4.69) is 30.8 Å². The van der Waals surface area contributed by atoms with E-state index in [1.54, 1.807) is 13.2 Å². The summed E-state index contributed by atoms with van der Waals surface area (Å²) in [5, 5.41) is 13.0. The van der Waals surface area contributed by atoms with Crippen LogP contribution in [0.25, 0.3) is 0 Å². The van der Waals surface area contributed by atoms with Crippen molar-refractivity contribution in [3.05, 3.63) is 36.4 Å². The first-order chi connectivity index (χ1) is 12.1. The fraction of sp³-hybridized carbons (Fsp3) is 0.550. The van der Waals surface area contributed by atoms with Crippen molar-refractivity contribution < 1.29 is 9.84 Å². The van der Waals surface area contributed by atoms with Crippen molar-refractivity contribution in [2.75, 3.05) is 33.8 Å². The molecule has 1 rings (SSSR count). The fourth-order valence-corrected chi connectivity index (χ4v) is 2.56. The van der Waals surface area contributed by atoms with Gasteiger partial charge in [0.1, 0.15) is 0 Å². The minimum atomic E-state index is 0. The lowest BCUT2D eigenvalue weighted by Gasteiger charge is -2.22. The van der Waals surface area contributed by atoms with Gasteiger partial charge in [0.25, 0.3) is 0 Å². The zero-order chi connectivity index (χ0) is 18.5. The van der Waals surface area contributed by atoms with Gasteiger partial charge in [0, 0.05) is 26.7 Å². The lowest BCUT2D eigenvalue weighted by molar-refractivity contribution is 0.373. The van der Waals surface area contributed by atoms with Gasteiger partial charge in [0.2, 0.25) is 0 Å². The zero-order valence-electron chi connectivity index (χ0n) is 16.3. The molecule has 0 saturated carbocycles. The van der Waals surface area contributed by atoms with E-state index >= 15 is 0 Å². The smallest absolute Gasteiger partial charge is 0.193 e. The summed E-state index contributed by atoms with van der Waals surface area (Å²) in [6, 6.07) is 5.43. The van der Waals surface area contributed by atoms with Crippen LogP contribution in [0.3, 0.4) is 0 Å². The van der Waals surface area contributed by atoms with Crippen LogP contribution in [0.15, 0.2) is 35.8 Å². The van der Waals surface area contributed by atoms with Gasteiger partial charge in [-0.2, -0.15) is 0 Å². The third kappa shape index (κ3) is 9.31. The molecule has 0 fully saturated rings. The fourth-order valence-electron chi connectivity index (χ4n) is 2.56. The summed E-state index contributed by atoms with van der Waals surface area (Å²) in [6.45, 7) is 8.38. The summed E-state index contributed by atoms with van der Waals surface area (Å²) in [6.07, 6.45) is 7.45. The number of allylic oxidation sites excluding steroid dienone is 1. The van der Waals surface area contributed by atoms with Crippen molar-refractivity contribution in [2.24, 2.45) is 4.99 Å². The Bertz CT molecular complexity index is 550. The van der Waals surface area contributed by atoms with Crippen molar-refractivity contribution in [1.82, 2.24) is 10.2 Å². The summed E-state index contributed by atoms with van der Waals surface area (Å²) >= 11 is 0. The molecule has 6 heteroatoms. The Hall–Kier alpha value is -1.44. The zero-order valence-corrected chi connectivity index (χ0v) is 18.7. The molecule has 0 aromatic heterocycles. The highest BCUT2D eigenvalue weighted by atomic mass is 127. The number of aliphatic imine (C=N–C) groups is 1. The topological polar surface area (TPSA) is 57.1 Å². The Balaban J connectivity index is 0.00000625. The van der Waals surface area contributed by atoms with E-state index in [9.17, 15) is 5.11 Å². The molecule has 1 aromatic carbocycles. The maximum absolute atomic E-state index is 9.65. The van der Waals surface area contributed by atoms with E-state index in [1.807, 2.05) is 18.2 Å². The van der Waals surface area contributed by atoms with Crippen LogP contribution < -0.4 is 10.1 Å². The Morgan fingerprint density at radius 3 is 2.77 bits per heavy atom. The van der Waals surface area contributed by atoms with Gasteiger partial charge in [-0.05, 0) is 50.3 Å². The Labute approximate surface area is 175 Å². The third-order valence-electron chi connectivity index (χ3n) is 4.00. The van der Waals surface area contributed by atoms with Crippen molar-refractivity contribution in [3.8, 4) is 11.5 Å². The molecule has 0 amide bonds. The predicted molar refractivity (Wildman–Crippen MR) is 121 cm³/mol. The quantitative estimate of drug-likeness (QED) is 0.166. The van der Waals surface area contributed by atoms with Gasteiger partial charge in [-0.15, -0.1) is 30.6 Å². The molecular formula is C20H34IN3O2. The minimum Gasteiger partial charge on any atom is -0.504 e. The molecule has 5 nitrogen and oxygen atoms in total. The highest BCUT2D eigenvalue weighted by Gasteiger charge is 2.06. The van der Waals surface area contributed by atoms with E-state index in [4.69, 9.17) is 9.73 Å². The number of aromatic hydroxyl groups is 1. The first-order valence-electron chi connectivity index (χ1n) is 9.08. The van der Waals surface area contributed by atoms with Crippen LogP contribution in [0.1, 0.15) is 38.2 Å². The number of hydrogen-bond donors (Lipinski definition) is 2. The van der Waals surface area contributed by atoms with E-state index < -0.39 is 0 Å². The number of halogens is 1. The molecule has 2 N–H and O–H groups in total. The number of methoxy groups -OCH3 is 1. The summed E-state index contributed by atoms with van der Waals surface area (Å²) in [5.41, 5.74) is 1.10. The molecule has 0 saturated heterocycles. The summed E-state index contributed by atoms with van der Waals surface area (Å²) in [5.74, 6) is 1.61. The lowest BCUT2D eigenvalue weighted by atomic mass is 10.1. The van der Waals surface area contributed by atoms with Crippen LogP contribution in [0, 0.1) is 0 Å². The second-order valence-electron chi connectivity index (χ2n) is 6.05. The van der Waals surface area contributed by atoms with Crippen LogP contribution in [0.5, 0.6) is 11.5 Å². The summed E-state index contributed by atoms with van der Waals surface area (Å²) in [7, 11) is 3.64. The highest BCUT2D eigenvalue weighted by Crippen LogP contribution is 2.26. The maximum Gasteiger partial charge on any atom is 0.193 e. The predicted octanol–water partition coefficient (Wildman–Crippen LogP) is 4.21. The number of guanidine groups is 1. The SMILES string of the molecule is C=CCCCCCN(C)C(=NCCc1ccc(O)c(OC)c1)NCC.I.